The van der Waals surface area contributed by atoms with E-state index in [-0.39, 0.29) is 6.42 Å². The van der Waals surface area contributed by atoms with Gasteiger partial charge in [0.1, 0.15) is 5.01 Å². The lowest BCUT2D eigenvalue weighted by Crippen LogP contribution is -2.20. The summed E-state index contributed by atoms with van der Waals surface area (Å²) in [5.41, 5.74) is 1.02. The lowest BCUT2D eigenvalue weighted by Gasteiger charge is -2.12. The van der Waals surface area contributed by atoms with Crippen molar-refractivity contribution in [2.45, 2.75) is 6.42 Å². The first-order valence-electron chi connectivity index (χ1n) is 5.48. The first-order valence-corrected chi connectivity index (χ1v) is 6.30. The molecule has 0 fully saturated rings. The molecule has 94 valence electrons. The van der Waals surface area contributed by atoms with Crippen LogP contribution in [-0.2, 0) is 4.79 Å². The van der Waals surface area contributed by atoms with Crippen molar-refractivity contribution in [1.29, 1.82) is 0 Å². The summed E-state index contributed by atoms with van der Waals surface area (Å²) in [6, 6.07) is 9.79. The van der Waals surface area contributed by atoms with Gasteiger partial charge in [-0.3, -0.25) is 4.79 Å². The van der Waals surface area contributed by atoms with Crippen LogP contribution in [0.1, 0.15) is 6.42 Å². The summed E-state index contributed by atoms with van der Waals surface area (Å²) in [6.45, 7) is 0.429. The third-order valence-corrected chi connectivity index (χ3v) is 3.51. The average molecular weight is 263 g/mol. The Bertz CT molecular complexity index is 527. The number of anilines is 1. The van der Waals surface area contributed by atoms with Gasteiger partial charge in [-0.2, -0.15) is 0 Å². The van der Waals surface area contributed by atoms with Crippen molar-refractivity contribution in [3.63, 3.8) is 0 Å². The highest BCUT2D eigenvalue weighted by atomic mass is 32.1. The summed E-state index contributed by atoms with van der Waals surface area (Å²) in [4.78, 5) is 12.3. The Morgan fingerprint density at radius 3 is 2.72 bits per heavy atom. The molecule has 0 aliphatic carbocycles. The van der Waals surface area contributed by atoms with Gasteiger partial charge in [0.15, 0.2) is 0 Å². The molecule has 1 aromatic heterocycles. The Balaban J connectivity index is 2.08. The molecule has 2 aromatic rings. The van der Waals surface area contributed by atoms with Crippen molar-refractivity contribution in [1.82, 2.24) is 10.2 Å². The number of aromatic nitrogens is 2. The van der Waals surface area contributed by atoms with Crippen LogP contribution in [0.3, 0.4) is 0 Å². The van der Waals surface area contributed by atoms with Crippen LogP contribution in [-0.4, -0.2) is 34.9 Å². The monoisotopic (exact) mass is 263 g/mol. The molecule has 0 atom stereocenters. The highest BCUT2D eigenvalue weighted by Crippen LogP contribution is 2.27. The van der Waals surface area contributed by atoms with Gasteiger partial charge in [-0.1, -0.05) is 41.7 Å². The molecule has 0 spiro atoms. The number of hydrogen-bond acceptors (Lipinski definition) is 5. The summed E-state index contributed by atoms with van der Waals surface area (Å²) in [5.74, 6) is -0.811. The van der Waals surface area contributed by atoms with E-state index in [1.54, 1.807) is 4.90 Å². The molecular weight excluding hydrogens is 250 g/mol. The maximum absolute atomic E-state index is 10.5. The molecule has 0 unspecified atom stereocenters. The minimum atomic E-state index is -0.811. The van der Waals surface area contributed by atoms with E-state index >= 15 is 0 Å². The summed E-state index contributed by atoms with van der Waals surface area (Å²) < 4.78 is 0. The van der Waals surface area contributed by atoms with Crippen molar-refractivity contribution < 1.29 is 9.90 Å². The van der Waals surface area contributed by atoms with Gasteiger partial charge >= 0.3 is 5.97 Å². The van der Waals surface area contributed by atoms with Crippen molar-refractivity contribution >= 4 is 22.4 Å². The number of nitrogens with zero attached hydrogens (tertiary/aromatic N) is 3. The maximum Gasteiger partial charge on any atom is 0.305 e. The Hall–Kier alpha value is -1.95. The number of benzene rings is 1. The molecule has 1 N–H and O–H groups in total. The van der Waals surface area contributed by atoms with E-state index in [1.165, 1.54) is 11.3 Å². The van der Waals surface area contributed by atoms with Gasteiger partial charge in [0.05, 0.1) is 6.42 Å². The minimum Gasteiger partial charge on any atom is -0.481 e. The molecule has 6 heteroatoms. The van der Waals surface area contributed by atoms with Crippen LogP contribution in [0.25, 0.3) is 10.6 Å². The zero-order chi connectivity index (χ0) is 13.0. The van der Waals surface area contributed by atoms with Crippen LogP contribution >= 0.6 is 11.3 Å². The van der Waals surface area contributed by atoms with Gasteiger partial charge in [-0.15, -0.1) is 10.2 Å². The molecule has 0 aliphatic heterocycles. The largest absolute Gasteiger partial charge is 0.481 e. The predicted octanol–water partition coefficient (Wildman–Crippen LogP) is 2.12. The Labute approximate surface area is 109 Å². The van der Waals surface area contributed by atoms with Gasteiger partial charge in [-0.25, -0.2) is 0 Å². The van der Waals surface area contributed by atoms with Crippen LogP contribution < -0.4 is 4.90 Å². The second kappa shape index (κ2) is 5.59. The van der Waals surface area contributed by atoms with E-state index in [1.807, 2.05) is 37.4 Å². The molecule has 0 saturated carbocycles. The smallest absolute Gasteiger partial charge is 0.305 e. The molecule has 0 saturated heterocycles. The highest BCUT2D eigenvalue weighted by molar-refractivity contribution is 7.18. The third-order valence-electron chi connectivity index (χ3n) is 2.42. The second-order valence-corrected chi connectivity index (χ2v) is 4.78. The van der Waals surface area contributed by atoms with E-state index < -0.39 is 5.97 Å². The minimum absolute atomic E-state index is 0.0940. The average Bonchev–Trinajstić information content (AvgIpc) is 2.86. The Morgan fingerprint density at radius 1 is 1.33 bits per heavy atom. The zero-order valence-corrected chi connectivity index (χ0v) is 10.7. The van der Waals surface area contributed by atoms with Crippen LogP contribution in [0.15, 0.2) is 30.3 Å². The van der Waals surface area contributed by atoms with E-state index in [9.17, 15) is 4.79 Å². The van der Waals surface area contributed by atoms with Crippen molar-refractivity contribution in [2.75, 3.05) is 18.5 Å². The number of carboxylic acid groups (broad SMARTS) is 1. The number of rotatable bonds is 5. The third kappa shape index (κ3) is 3.04. The predicted molar refractivity (Wildman–Crippen MR) is 70.9 cm³/mol. The topological polar surface area (TPSA) is 66.3 Å². The van der Waals surface area contributed by atoms with Gasteiger partial charge in [0.25, 0.3) is 0 Å². The number of aliphatic carboxylic acids is 1. The lowest BCUT2D eigenvalue weighted by molar-refractivity contribution is -0.136. The molecule has 0 radical (unpaired) electrons. The van der Waals surface area contributed by atoms with Crippen LogP contribution in [0, 0.1) is 0 Å². The van der Waals surface area contributed by atoms with Crippen molar-refractivity contribution in [3.8, 4) is 10.6 Å². The summed E-state index contributed by atoms with van der Waals surface area (Å²) in [6.07, 6.45) is 0.0940. The molecule has 0 bridgehead atoms. The van der Waals surface area contributed by atoms with Crippen LogP contribution in [0.2, 0.25) is 0 Å². The first-order chi connectivity index (χ1) is 8.66. The SMILES string of the molecule is CN(CCC(=O)O)c1nnc(-c2ccccc2)s1. The summed E-state index contributed by atoms with van der Waals surface area (Å²) >= 11 is 1.46. The lowest BCUT2D eigenvalue weighted by atomic mass is 10.2. The maximum atomic E-state index is 10.5. The fraction of sp³-hybridized carbons (Fsp3) is 0.250. The number of hydrogen-bond donors (Lipinski definition) is 1. The first kappa shape index (κ1) is 12.5. The summed E-state index contributed by atoms with van der Waals surface area (Å²) in [5, 5.41) is 18.4. The second-order valence-electron chi connectivity index (χ2n) is 3.82. The number of carbonyl (C=O) groups is 1. The standard InChI is InChI=1S/C12H13N3O2S/c1-15(8-7-10(16)17)12-14-13-11(18-12)9-5-3-2-4-6-9/h2-6H,7-8H2,1H3,(H,16,17). The quantitative estimate of drug-likeness (QED) is 0.895. The van der Waals surface area contributed by atoms with E-state index in [0.29, 0.717) is 6.54 Å². The van der Waals surface area contributed by atoms with Crippen LogP contribution in [0.5, 0.6) is 0 Å². The fourth-order valence-corrected chi connectivity index (χ4v) is 2.26. The van der Waals surface area contributed by atoms with Crippen molar-refractivity contribution in [3.05, 3.63) is 30.3 Å². The van der Waals surface area contributed by atoms with Gasteiger partial charge in [0.2, 0.25) is 5.13 Å². The molecule has 0 amide bonds. The fourth-order valence-electron chi connectivity index (χ4n) is 1.43. The van der Waals surface area contributed by atoms with Crippen LogP contribution in [0.4, 0.5) is 5.13 Å². The Morgan fingerprint density at radius 2 is 2.06 bits per heavy atom. The summed E-state index contributed by atoms with van der Waals surface area (Å²) in [7, 11) is 1.82. The molecular formula is C12H13N3O2S. The van der Waals surface area contributed by atoms with E-state index in [0.717, 1.165) is 15.7 Å². The van der Waals surface area contributed by atoms with Gasteiger partial charge in [0, 0.05) is 19.2 Å². The van der Waals surface area contributed by atoms with E-state index in [4.69, 9.17) is 5.11 Å². The highest BCUT2D eigenvalue weighted by Gasteiger charge is 2.11. The van der Waals surface area contributed by atoms with Gasteiger partial charge in [-0.05, 0) is 0 Å². The molecule has 5 nitrogen and oxygen atoms in total. The molecule has 18 heavy (non-hydrogen) atoms. The number of carboxylic acids is 1. The van der Waals surface area contributed by atoms with Gasteiger partial charge < -0.3 is 10.0 Å². The molecule has 1 heterocycles. The van der Waals surface area contributed by atoms with Crippen molar-refractivity contribution in [2.24, 2.45) is 0 Å². The molecule has 2 rings (SSSR count). The zero-order valence-electron chi connectivity index (χ0n) is 9.91. The molecule has 1 aromatic carbocycles. The van der Waals surface area contributed by atoms with E-state index in [2.05, 4.69) is 10.2 Å². The molecule has 0 aliphatic rings. The normalized spacial score (nSPS) is 10.3. The Kier molecular flexibility index (Phi) is 3.88.